The third-order valence-corrected chi connectivity index (χ3v) is 3.16. The van der Waals surface area contributed by atoms with Crippen molar-refractivity contribution in [2.45, 2.75) is 25.3 Å². The summed E-state index contributed by atoms with van der Waals surface area (Å²) in [5.74, 6) is 0.744. The van der Waals surface area contributed by atoms with Crippen molar-refractivity contribution in [1.29, 1.82) is 0 Å². The van der Waals surface area contributed by atoms with Crippen LogP contribution in [0.25, 0.3) is 0 Å². The molecular weight excluding hydrogens is 186 g/mol. The fourth-order valence-corrected chi connectivity index (χ4v) is 2.18. The second-order valence-electron chi connectivity index (χ2n) is 4.31. The van der Waals surface area contributed by atoms with Crippen LogP contribution in [0.15, 0.2) is 30.3 Å². The molecule has 0 aromatic heterocycles. The van der Waals surface area contributed by atoms with Crippen LogP contribution in [-0.4, -0.2) is 13.2 Å². The summed E-state index contributed by atoms with van der Waals surface area (Å²) in [6.45, 7) is 1.82. The standard InChI is InChI=1S/C13H19NO/c14-13(12-4-2-1-3-5-12)10-11-6-8-15-9-7-11/h1-5,11,13H,6-10,14H2. The van der Waals surface area contributed by atoms with Gasteiger partial charge in [0.15, 0.2) is 0 Å². The summed E-state index contributed by atoms with van der Waals surface area (Å²) in [7, 11) is 0. The molecule has 1 aliphatic heterocycles. The van der Waals surface area contributed by atoms with Crippen LogP contribution in [0.5, 0.6) is 0 Å². The molecule has 0 spiro atoms. The lowest BCUT2D eigenvalue weighted by Crippen LogP contribution is -2.21. The first-order valence-electron chi connectivity index (χ1n) is 5.74. The third kappa shape index (κ3) is 3.05. The molecule has 1 atom stereocenters. The zero-order valence-electron chi connectivity index (χ0n) is 9.06. The molecule has 0 aliphatic carbocycles. The highest BCUT2D eigenvalue weighted by Crippen LogP contribution is 2.25. The molecule has 2 rings (SSSR count). The van der Waals surface area contributed by atoms with E-state index in [2.05, 4.69) is 24.3 Å². The van der Waals surface area contributed by atoms with E-state index >= 15 is 0 Å². The maximum Gasteiger partial charge on any atom is 0.0468 e. The van der Waals surface area contributed by atoms with Crippen molar-refractivity contribution in [3.63, 3.8) is 0 Å². The Morgan fingerprint density at radius 1 is 1.20 bits per heavy atom. The van der Waals surface area contributed by atoms with Crippen LogP contribution >= 0.6 is 0 Å². The quantitative estimate of drug-likeness (QED) is 0.823. The SMILES string of the molecule is NC(CC1CCOCC1)c1ccccc1. The molecule has 82 valence electrons. The van der Waals surface area contributed by atoms with E-state index < -0.39 is 0 Å². The molecule has 1 aliphatic rings. The first-order valence-corrected chi connectivity index (χ1v) is 5.74. The van der Waals surface area contributed by atoms with E-state index in [1.54, 1.807) is 0 Å². The van der Waals surface area contributed by atoms with Gasteiger partial charge in [0.05, 0.1) is 0 Å². The van der Waals surface area contributed by atoms with E-state index in [1.807, 2.05) is 6.07 Å². The molecule has 1 aromatic carbocycles. The van der Waals surface area contributed by atoms with Crippen molar-refractivity contribution in [3.8, 4) is 0 Å². The second kappa shape index (κ2) is 5.29. The van der Waals surface area contributed by atoms with E-state index in [4.69, 9.17) is 10.5 Å². The molecule has 1 saturated heterocycles. The lowest BCUT2D eigenvalue weighted by Gasteiger charge is -2.24. The van der Waals surface area contributed by atoms with E-state index in [9.17, 15) is 0 Å². The molecule has 0 amide bonds. The summed E-state index contributed by atoms with van der Waals surface area (Å²) in [6, 6.07) is 10.6. The summed E-state index contributed by atoms with van der Waals surface area (Å²) in [4.78, 5) is 0. The minimum Gasteiger partial charge on any atom is -0.381 e. The molecule has 1 heterocycles. The van der Waals surface area contributed by atoms with Crippen molar-refractivity contribution >= 4 is 0 Å². The van der Waals surface area contributed by atoms with Gasteiger partial charge in [0.1, 0.15) is 0 Å². The zero-order chi connectivity index (χ0) is 10.5. The van der Waals surface area contributed by atoms with Gasteiger partial charge in [0, 0.05) is 19.3 Å². The van der Waals surface area contributed by atoms with Gasteiger partial charge in [-0.3, -0.25) is 0 Å². The lowest BCUT2D eigenvalue weighted by atomic mass is 9.90. The summed E-state index contributed by atoms with van der Waals surface area (Å²) in [5, 5.41) is 0. The molecule has 2 nitrogen and oxygen atoms in total. The molecular formula is C13H19NO. The van der Waals surface area contributed by atoms with E-state index in [1.165, 1.54) is 18.4 Å². The normalized spacial score (nSPS) is 20.1. The van der Waals surface area contributed by atoms with Gasteiger partial charge in [-0.1, -0.05) is 30.3 Å². The highest BCUT2D eigenvalue weighted by molar-refractivity contribution is 5.18. The zero-order valence-corrected chi connectivity index (χ0v) is 9.06. The average Bonchev–Trinajstić information content (AvgIpc) is 2.31. The monoisotopic (exact) mass is 205 g/mol. The molecule has 1 fully saturated rings. The maximum atomic E-state index is 6.19. The molecule has 1 aromatic rings. The molecule has 2 heteroatoms. The highest BCUT2D eigenvalue weighted by Gasteiger charge is 2.17. The van der Waals surface area contributed by atoms with Gasteiger partial charge in [-0.05, 0) is 30.7 Å². The number of benzene rings is 1. The van der Waals surface area contributed by atoms with Gasteiger partial charge in [-0.15, -0.1) is 0 Å². The van der Waals surface area contributed by atoms with Crippen molar-refractivity contribution in [2.24, 2.45) is 11.7 Å². The Hall–Kier alpha value is -0.860. The Bertz CT molecular complexity index is 280. The predicted molar refractivity (Wildman–Crippen MR) is 61.5 cm³/mol. The predicted octanol–water partition coefficient (Wildman–Crippen LogP) is 2.50. The number of rotatable bonds is 3. The maximum absolute atomic E-state index is 6.19. The Balaban J connectivity index is 1.88. The van der Waals surface area contributed by atoms with Gasteiger partial charge < -0.3 is 10.5 Å². The van der Waals surface area contributed by atoms with Crippen molar-refractivity contribution in [3.05, 3.63) is 35.9 Å². The van der Waals surface area contributed by atoms with Gasteiger partial charge in [0.2, 0.25) is 0 Å². The van der Waals surface area contributed by atoms with Gasteiger partial charge >= 0.3 is 0 Å². The minimum atomic E-state index is 0.189. The topological polar surface area (TPSA) is 35.2 Å². The molecule has 0 radical (unpaired) electrons. The van der Waals surface area contributed by atoms with Crippen molar-refractivity contribution in [2.75, 3.05) is 13.2 Å². The first kappa shape index (κ1) is 10.7. The van der Waals surface area contributed by atoms with Crippen molar-refractivity contribution < 1.29 is 4.74 Å². The summed E-state index contributed by atoms with van der Waals surface area (Å²) in [5.41, 5.74) is 7.44. The summed E-state index contributed by atoms with van der Waals surface area (Å²) < 4.78 is 5.35. The molecule has 15 heavy (non-hydrogen) atoms. The largest absolute Gasteiger partial charge is 0.381 e. The number of hydrogen-bond acceptors (Lipinski definition) is 2. The summed E-state index contributed by atoms with van der Waals surface area (Å²) >= 11 is 0. The van der Waals surface area contributed by atoms with Crippen LogP contribution in [-0.2, 0) is 4.74 Å². The van der Waals surface area contributed by atoms with Gasteiger partial charge in [0.25, 0.3) is 0 Å². The van der Waals surface area contributed by atoms with Crippen LogP contribution in [0.1, 0.15) is 30.9 Å². The number of nitrogens with two attached hydrogens (primary N) is 1. The highest BCUT2D eigenvalue weighted by atomic mass is 16.5. The molecule has 2 N–H and O–H groups in total. The Kier molecular flexibility index (Phi) is 3.75. The lowest BCUT2D eigenvalue weighted by molar-refractivity contribution is 0.0618. The van der Waals surface area contributed by atoms with Crippen LogP contribution in [0, 0.1) is 5.92 Å². The van der Waals surface area contributed by atoms with Crippen LogP contribution in [0.4, 0.5) is 0 Å². The molecule has 1 unspecified atom stereocenters. The van der Waals surface area contributed by atoms with Gasteiger partial charge in [-0.2, -0.15) is 0 Å². The summed E-state index contributed by atoms with van der Waals surface area (Å²) in [6.07, 6.45) is 3.43. The first-order chi connectivity index (χ1) is 7.36. The van der Waals surface area contributed by atoms with E-state index in [0.717, 1.165) is 25.6 Å². The van der Waals surface area contributed by atoms with Gasteiger partial charge in [-0.25, -0.2) is 0 Å². The fraction of sp³-hybridized carbons (Fsp3) is 0.538. The van der Waals surface area contributed by atoms with E-state index in [-0.39, 0.29) is 6.04 Å². The smallest absolute Gasteiger partial charge is 0.0468 e. The Morgan fingerprint density at radius 3 is 2.53 bits per heavy atom. The second-order valence-corrected chi connectivity index (χ2v) is 4.31. The fourth-order valence-electron chi connectivity index (χ4n) is 2.18. The van der Waals surface area contributed by atoms with Crippen LogP contribution in [0.3, 0.4) is 0 Å². The van der Waals surface area contributed by atoms with Crippen molar-refractivity contribution in [1.82, 2.24) is 0 Å². The Labute approximate surface area is 91.4 Å². The Morgan fingerprint density at radius 2 is 1.87 bits per heavy atom. The molecule has 0 saturated carbocycles. The molecule has 0 bridgehead atoms. The average molecular weight is 205 g/mol. The minimum absolute atomic E-state index is 0.189. The third-order valence-electron chi connectivity index (χ3n) is 3.16. The van der Waals surface area contributed by atoms with Crippen LogP contribution < -0.4 is 5.73 Å². The number of ether oxygens (including phenoxy) is 1. The van der Waals surface area contributed by atoms with E-state index in [0.29, 0.717) is 0 Å². The number of hydrogen-bond donors (Lipinski definition) is 1. The van der Waals surface area contributed by atoms with Crippen LogP contribution in [0.2, 0.25) is 0 Å².